The van der Waals surface area contributed by atoms with E-state index in [0.717, 1.165) is 31.6 Å². The molecule has 1 unspecified atom stereocenters. The van der Waals surface area contributed by atoms with Crippen LogP contribution in [0.3, 0.4) is 0 Å². The lowest BCUT2D eigenvalue weighted by molar-refractivity contribution is 0.182. The van der Waals surface area contributed by atoms with E-state index in [0.29, 0.717) is 11.0 Å². The molecule has 0 saturated carbocycles. The molecule has 1 aromatic rings. The first kappa shape index (κ1) is 17.6. The van der Waals surface area contributed by atoms with Crippen molar-refractivity contribution in [1.29, 1.82) is 0 Å². The average Bonchev–Trinajstić information content (AvgIpc) is 2.40. The van der Waals surface area contributed by atoms with Gasteiger partial charge in [-0.2, -0.15) is 0 Å². The summed E-state index contributed by atoms with van der Waals surface area (Å²) in [5, 5.41) is 0. The number of hydrogen-bond donors (Lipinski definition) is 1. The van der Waals surface area contributed by atoms with Crippen molar-refractivity contribution < 1.29 is 4.39 Å². The summed E-state index contributed by atoms with van der Waals surface area (Å²) in [4.78, 5) is 4.49. The van der Waals surface area contributed by atoms with E-state index in [9.17, 15) is 4.39 Å². The molecule has 0 heterocycles. The number of nitrogens with zero attached hydrogens (tertiary/aromatic N) is 2. The summed E-state index contributed by atoms with van der Waals surface area (Å²) in [6, 6.07) is 5.35. The highest BCUT2D eigenvalue weighted by molar-refractivity contribution is 9.10. The molecule has 2 N–H and O–H groups in total. The molecule has 0 aliphatic rings. The van der Waals surface area contributed by atoms with Crippen LogP contribution in [-0.4, -0.2) is 50.1 Å². The average molecular weight is 346 g/mol. The molecule has 5 heteroatoms. The fraction of sp³-hybridized carbons (Fsp3) is 0.600. The molecule has 1 rings (SSSR count). The molecule has 0 fully saturated rings. The second kappa shape index (κ2) is 8.72. The molecule has 20 heavy (non-hydrogen) atoms. The first-order chi connectivity index (χ1) is 9.49. The standard InChI is InChI=1S/C15H25BrFN3/c1-4-7-20(9-8-19(2)3)15(11-18)12-5-6-13(16)14(17)10-12/h5-6,10,15H,4,7-9,11,18H2,1-3H3. The highest BCUT2D eigenvalue weighted by Gasteiger charge is 2.19. The number of benzene rings is 1. The molecule has 0 saturated heterocycles. The summed E-state index contributed by atoms with van der Waals surface area (Å²) in [6.07, 6.45) is 1.06. The van der Waals surface area contributed by atoms with E-state index in [1.165, 1.54) is 0 Å². The molecular formula is C15H25BrFN3. The Morgan fingerprint density at radius 1 is 1.25 bits per heavy atom. The first-order valence-corrected chi connectivity index (χ1v) is 7.82. The van der Waals surface area contributed by atoms with Gasteiger partial charge in [0.25, 0.3) is 0 Å². The lowest BCUT2D eigenvalue weighted by Crippen LogP contribution is -2.38. The van der Waals surface area contributed by atoms with Gasteiger partial charge >= 0.3 is 0 Å². The Morgan fingerprint density at radius 2 is 1.95 bits per heavy atom. The van der Waals surface area contributed by atoms with E-state index in [1.54, 1.807) is 12.1 Å². The fourth-order valence-corrected chi connectivity index (χ4v) is 2.50. The molecule has 0 aliphatic heterocycles. The highest BCUT2D eigenvalue weighted by Crippen LogP contribution is 2.24. The normalized spacial score (nSPS) is 13.2. The number of hydrogen-bond acceptors (Lipinski definition) is 3. The van der Waals surface area contributed by atoms with Gasteiger partial charge in [-0.3, -0.25) is 4.90 Å². The Morgan fingerprint density at radius 3 is 2.45 bits per heavy atom. The zero-order valence-corrected chi connectivity index (χ0v) is 14.2. The molecule has 0 aliphatic carbocycles. The number of halogens is 2. The van der Waals surface area contributed by atoms with Gasteiger partial charge in [0, 0.05) is 25.7 Å². The van der Waals surface area contributed by atoms with Crippen LogP contribution in [0.15, 0.2) is 22.7 Å². The van der Waals surface area contributed by atoms with E-state index in [-0.39, 0.29) is 11.9 Å². The van der Waals surface area contributed by atoms with Gasteiger partial charge in [0.05, 0.1) is 4.47 Å². The fourth-order valence-electron chi connectivity index (χ4n) is 2.25. The van der Waals surface area contributed by atoms with Crippen molar-refractivity contribution in [2.75, 3.05) is 40.3 Å². The van der Waals surface area contributed by atoms with Gasteiger partial charge in [0.2, 0.25) is 0 Å². The van der Waals surface area contributed by atoms with E-state index >= 15 is 0 Å². The van der Waals surface area contributed by atoms with E-state index in [2.05, 4.69) is 46.7 Å². The Kier molecular flexibility index (Phi) is 7.66. The minimum Gasteiger partial charge on any atom is -0.329 e. The minimum atomic E-state index is -0.231. The number of rotatable bonds is 8. The summed E-state index contributed by atoms with van der Waals surface area (Å²) in [7, 11) is 4.11. The highest BCUT2D eigenvalue weighted by atomic mass is 79.9. The van der Waals surface area contributed by atoms with Gasteiger partial charge in [0.15, 0.2) is 0 Å². The Balaban J connectivity index is 2.90. The van der Waals surface area contributed by atoms with E-state index in [4.69, 9.17) is 5.73 Å². The summed E-state index contributed by atoms with van der Waals surface area (Å²) >= 11 is 3.19. The van der Waals surface area contributed by atoms with Gasteiger partial charge in [0.1, 0.15) is 5.82 Å². The van der Waals surface area contributed by atoms with E-state index < -0.39 is 0 Å². The maximum Gasteiger partial charge on any atom is 0.137 e. The van der Waals surface area contributed by atoms with Crippen molar-refractivity contribution in [2.24, 2.45) is 5.73 Å². The molecule has 0 amide bonds. The van der Waals surface area contributed by atoms with Crippen molar-refractivity contribution in [1.82, 2.24) is 9.80 Å². The smallest absolute Gasteiger partial charge is 0.137 e. The molecule has 1 atom stereocenters. The second-order valence-electron chi connectivity index (χ2n) is 5.26. The van der Waals surface area contributed by atoms with Crippen LogP contribution in [0.25, 0.3) is 0 Å². The van der Waals surface area contributed by atoms with Crippen LogP contribution in [-0.2, 0) is 0 Å². The van der Waals surface area contributed by atoms with Gasteiger partial charge < -0.3 is 10.6 Å². The third-order valence-corrected chi connectivity index (χ3v) is 3.98. The number of nitrogens with two attached hydrogens (primary N) is 1. The quantitative estimate of drug-likeness (QED) is 0.786. The van der Waals surface area contributed by atoms with Gasteiger partial charge in [-0.15, -0.1) is 0 Å². The molecule has 3 nitrogen and oxygen atoms in total. The lowest BCUT2D eigenvalue weighted by atomic mass is 10.0. The van der Waals surface area contributed by atoms with Crippen LogP contribution in [0, 0.1) is 5.82 Å². The maximum absolute atomic E-state index is 13.7. The largest absolute Gasteiger partial charge is 0.329 e. The van der Waals surface area contributed by atoms with Crippen LogP contribution in [0.1, 0.15) is 24.9 Å². The molecule has 0 bridgehead atoms. The second-order valence-corrected chi connectivity index (χ2v) is 6.12. The Labute approximate surface area is 130 Å². The van der Waals surface area contributed by atoms with Crippen LogP contribution >= 0.6 is 15.9 Å². The molecule has 0 spiro atoms. The predicted octanol–water partition coefficient (Wildman–Crippen LogP) is 2.86. The topological polar surface area (TPSA) is 32.5 Å². The molecular weight excluding hydrogens is 321 g/mol. The van der Waals surface area contributed by atoms with Crippen molar-refractivity contribution in [3.05, 3.63) is 34.1 Å². The van der Waals surface area contributed by atoms with Crippen LogP contribution < -0.4 is 5.73 Å². The van der Waals surface area contributed by atoms with Gasteiger partial charge in [-0.25, -0.2) is 4.39 Å². The summed E-state index contributed by atoms with van der Waals surface area (Å²) in [6.45, 7) is 5.51. The monoisotopic (exact) mass is 345 g/mol. The number of likely N-dealkylation sites (N-methyl/N-ethyl adjacent to an activating group) is 1. The van der Waals surface area contributed by atoms with Crippen molar-refractivity contribution in [3.8, 4) is 0 Å². The Bertz CT molecular complexity index is 412. The molecule has 1 aromatic carbocycles. The Hall–Kier alpha value is -0.490. The van der Waals surface area contributed by atoms with Crippen LogP contribution in [0.4, 0.5) is 4.39 Å². The summed E-state index contributed by atoms with van der Waals surface area (Å²) in [5.41, 5.74) is 6.89. The van der Waals surface area contributed by atoms with E-state index in [1.807, 2.05) is 6.07 Å². The van der Waals surface area contributed by atoms with Gasteiger partial charge in [-0.05, 0) is 60.7 Å². The zero-order valence-electron chi connectivity index (χ0n) is 12.6. The SMILES string of the molecule is CCCN(CCN(C)C)C(CN)c1ccc(Br)c(F)c1. The summed E-state index contributed by atoms with van der Waals surface area (Å²) in [5.74, 6) is -0.231. The molecule has 114 valence electrons. The third-order valence-electron chi connectivity index (χ3n) is 3.34. The lowest BCUT2D eigenvalue weighted by Gasteiger charge is -2.32. The summed E-state index contributed by atoms with van der Waals surface area (Å²) < 4.78 is 14.2. The molecule has 0 radical (unpaired) electrons. The van der Waals surface area contributed by atoms with Crippen LogP contribution in [0.2, 0.25) is 0 Å². The van der Waals surface area contributed by atoms with Crippen molar-refractivity contribution in [2.45, 2.75) is 19.4 Å². The maximum atomic E-state index is 13.7. The predicted molar refractivity (Wildman–Crippen MR) is 86.3 cm³/mol. The third kappa shape index (κ3) is 5.13. The zero-order chi connectivity index (χ0) is 15.1. The van der Waals surface area contributed by atoms with Gasteiger partial charge in [-0.1, -0.05) is 13.0 Å². The molecule has 0 aromatic heterocycles. The van der Waals surface area contributed by atoms with Crippen molar-refractivity contribution >= 4 is 15.9 Å². The van der Waals surface area contributed by atoms with Crippen LogP contribution in [0.5, 0.6) is 0 Å². The van der Waals surface area contributed by atoms with Crippen molar-refractivity contribution in [3.63, 3.8) is 0 Å². The first-order valence-electron chi connectivity index (χ1n) is 7.03. The minimum absolute atomic E-state index is 0.0671.